The first kappa shape index (κ1) is 20.2. The molecule has 0 saturated heterocycles. The second-order valence-corrected chi connectivity index (χ2v) is 7.50. The van der Waals surface area contributed by atoms with E-state index >= 15 is 0 Å². The standard InChI is InChI=1S/C16H13F2NOS.C6H6S/c1-20-14-4-2-3-11-8-15(21-16(11)14)19-9-10-5-6-12(17)13(18)7-10;7-6-4-2-1-3-5-6/h2-8,19H,9H2,1H3;1-5,7H. The highest BCUT2D eigenvalue weighted by Gasteiger charge is 2.07. The summed E-state index contributed by atoms with van der Waals surface area (Å²) >= 11 is 5.66. The smallest absolute Gasteiger partial charge is 0.159 e. The molecule has 1 aromatic heterocycles. The Labute approximate surface area is 172 Å². The highest BCUT2D eigenvalue weighted by atomic mass is 32.1. The first-order valence-corrected chi connectivity index (χ1v) is 9.81. The third-order valence-corrected chi connectivity index (χ3v) is 5.36. The van der Waals surface area contributed by atoms with Crippen LogP contribution < -0.4 is 10.1 Å². The first-order valence-electron chi connectivity index (χ1n) is 8.55. The Bertz CT molecular complexity index is 1050. The summed E-state index contributed by atoms with van der Waals surface area (Å²) in [5, 5.41) is 5.27. The Morgan fingerprint density at radius 3 is 2.36 bits per heavy atom. The van der Waals surface area contributed by atoms with Crippen LogP contribution in [-0.2, 0) is 6.54 Å². The molecule has 3 aromatic carbocycles. The lowest BCUT2D eigenvalue weighted by Gasteiger charge is -2.04. The minimum atomic E-state index is -0.828. The number of thiophene rings is 1. The van der Waals surface area contributed by atoms with Gasteiger partial charge in [-0.2, -0.15) is 0 Å². The van der Waals surface area contributed by atoms with Crippen LogP contribution in [0.3, 0.4) is 0 Å². The van der Waals surface area contributed by atoms with E-state index in [1.807, 2.05) is 54.6 Å². The van der Waals surface area contributed by atoms with Crippen LogP contribution in [0.25, 0.3) is 10.1 Å². The Morgan fingerprint density at radius 2 is 1.71 bits per heavy atom. The molecule has 144 valence electrons. The Hall–Kier alpha value is -2.57. The van der Waals surface area contributed by atoms with Crippen molar-refractivity contribution in [2.24, 2.45) is 0 Å². The topological polar surface area (TPSA) is 21.3 Å². The molecule has 2 nitrogen and oxygen atoms in total. The van der Waals surface area contributed by atoms with Crippen molar-refractivity contribution in [2.75, 3.05) is 12.4 Å². The number of anilines is 1. The molecule has 0 fully saturated rings. The van der Waals surface area contributed by atoms with Gasteiger partial charge in [0, 0.05) is 11.4 Å². The van der Waals surface area contributed by atoms with Gasteiger partial charge in [0.2, 0.25) is 0 Å². The van der Waals surface area contributed by atoms with E-state index in [4.69, 9.17) is 4.74 Å². The number of halogens is 2. The second kappa shape index (κ2) is 9.57. The number of hydrogen-bond acceptors (Lipinski definition) is 4. The molecule has 0 spiro atoms. The molecule has 0 unspecified atom stereocenters. The summed E-state index contributed by atoms with van der Waals surface area (Å²) in [6, 6.07) is 21.6. The van der Waals surface area contributed by atoms with Crippen molar-refractivity contribution in [1.82, 2.24) is 0 Å². The predicted molar refractivity (Wildman–Crippen MR) is 116 cm³/mol. The first-order chi connectivity index (χ1) is 13.6. The third kappa shape index (κ3) is 5.24. The molecule has 0 atom stereocenters. The summed E-state index contributed by atoms with van der Waals surface area (Å²) in [6.45, 7) is 0.437. The number of hydrogen-bond donors (Lipinski definition) is 2. The molecule has 28 heavy (non-hydrogen) atoms. The largest absolute Gasteiger partial charge is 0.495 e. The zero-order valence-corrected chi connectivity index (χ0v) is 16.9. The molecule has 6 heteroatoms. The quantitative estimate of drug-likeness (QED) is 0.359. The van der Waals surface area contributed by atoms with Gasteiger partial charge >= 0.3 is 0 Å². The van der Waals surface area contributed by atoms with Crippen molar-refractivity contribution >= 4 is 39.1 Å². The average molecular weight is 416 g/mol. The van der Waals surface area contributed by atoms with Crippen LogP contribution in [0.5, 0.6) is 5.75 Å². The number of benzene rings is 3. The number of methoxy groups -OCH3 is 1. The fourth-order valence-corrected chi connectivity index (χ4v) is 3.77. The van der Waals surface area contributed by atoms with Gasteiger partial charge in [0.25, 0.3) is 0 Å². The summed E-state index contributed by atoms with van der Waals surface area (Å²) < 4.78 is 32.4. The van der Waals surface area contributed by atoms with Gasteiger partial charge in [-0.3, -0.25) is 0 Å². The molecule has 4 aromatic rings. The number of nitrogens with one attached hydrogen (secondary N) is 1. The van der Waals surface area contributed by atoms with Crippen molar-refractivity contribution in [3.63, 3.8) is 0 Å². The van der Waals surface area contributed by atoms with Crippen LogP contribution in [-0.4, -0.2) is 7.11 Å². The molecular weight excluding hydrogens is 396 g/mol. The SMILES string of the molecule is COc1cccc2cc(NCc3ccc(F)c(F)c3)sc12.Sc1ccccc1. The monoisotopic (exact) mass is 415 g/mol. The van der Waals surface area contributed by atoms with E-state index in [1.165, 1.54) is 6.07 Å². The van der Waals surface area contributed by atoms with Crippen LogP contribution in [0.4, 0.5) is 13.8 Å². The summed E-state index contributed by atoms with van der Waals surface area (Å²) in [5.74, 6) is -0.823. The van der Waals surface area contributed by atoms with E-state index in [2.05, 4.69) is 17.9 Å². The molecule has 1 heterocycles. The maximum Gasteiger partial charge on any atom is 0.159 e. The third-order valence-electron chi connectivity index (χ3n) is 3.93. The van der Waals surface area contributed by atoms with Crippen LogP contribution in [0.15, 0.2) is 77.7 Å². The highest BCUT2D eigenvalue weighted by molar-refractivity contribution is 7.80. The molecule has 0 aliphatic heterocycles. The van der Waals surface area contributed by atoms with Gasteiger partial charge in [-0.25, -0.2) is 8.78 Å². The lowest BCUT2D eigenvalue weighted by Crippen LogP contribution is -1.98. The molecule has 0 amide bonds. The fourth-order valence-electron chi connectivity index (χ4n) is 2.55. The fraction of sp³-hybridized carbons (Fsp3) is 0.0909. The maximum atomic E-state index is 13.2. The van der Waals surface area contributed by atoms with Crippen molar-refractivity contribution in [3.05, 3.63) is 90.0 Å². The summed E-state index contributed by atoms with van der Waals surface area (Å²) in [7, 11) is 1.64. The van der Waals surface area contributed by atoms with Crippen LogP contribution >= 0.6 is 24.0 Å². The Morgan fingerprint density at radius 1 is 0.929 bits per heavy atom. The molecule has 0 aliphatic carbocycles. The van der Waals surface area contributed by atoms with Gasteiger partial charge in [0.1, 0.15) is 5.75 Å². The van der Waals surface area contributed by atoms with E-state index in [1.54, 1.807) is 24.5 Å². The maximum absolute atomic E-state index is 13.2. The Balaban J connectivity index is 0.000000271. The lowest BCUT2D eigenvalue weighted by atomic mass is 10.2. The van der Waals surface area contributed by atoms with Gasteiger partial charge in [0.05, 0.1) is 16.8 Å². The summed E-state index contributed by atoms with van der Waals surface area (Å²) in [5.41, 5.74) is 0.693. The van der Waals surface area contributed by atoms with Gasteiger partial charge in [0.15, 0.2) is 11.6 Å². The minimum Gasteiger partial charge on any atom is -0.495 e. The number of fused-ring (bicyclic) bond motifs is 1. The van der Waals surface area contributed by atoms with Crippen LogP contribution in [0, 0.1) is 11.6 Å². The van der Waals surface area contributed by atoms with E-state index < -0.39 is 11.6 Å². The normalized spacial score (nSPS) is 10.3. The zero-order valence-electron chi connectivity index (χ0n) is 15.2. The molecule has 0 saturated carbocycles. The van der Waals surface area contributed by atoms with Crippen molar-refractivity contribution in [3.8, 4) is 5.75 Å². The van der Waals surface area contributed by atoms with Gasteiger partial charge in [-0.05, 0) is 47.3 Å². The molecule has 0 bridgehead atoms. The van der Waals surface area contributed by atoms with E-state index in [0.717, 1.165) is 31.8 Å². The Kier molecular flexibility index (Phi) is 6.90. The molecule has 1 N–H and O–H groups in total. The molecule has 0 aliphatic rings. The van der Waals surface area contributed by atoms with E-state index in [0.29, 0.717) is 12.1 Å². The zero-order chi connectivity index (χ0) is 19.9. The number of thiol groups is 1. The van der Waals surface area contributed by atoms with Gasteiger partial charge in [-0.1, -0.05) is 36.4 Å². The van der Waals surface area contributed by atoms with E-state index in [-0.39, 0.29) is 0 Å². The van der Waals surface area contributed by atoms with Crippen LogP contribution in [0.1, 0.15) is 5.56 Å². The van der Waals surface area contributed by atoms with Crippen molar-refractivity contribution < 1.29 is 13.5 Å². The molecule has 4 rings (SSSR count). The minimum absolute atomic E-state index is 0.437. The number of rotatable bonds is 4. The summed E-state index contributed by atoms with van der Waals surface area (Å²) in [6.07, 6.45) is 0. The summed E-state index contributed by atoms with van der Waals surface area (Å²) in [4.78, 5) is 1.02. The highest BCUT2D eigenvalue weighted by Crippen LogP contribution is 2.36. The van der Waals surface area contributed by atoms with Crippen molar-refractivity contribution in [1.29, 1.82) is 0 Å². The second-order valence-electron chi connectivity index (χ2n) is 5.93. The van der Waals surface area contributed by atoms with Gasteiger partial charge < -0.3 is 10.1 Å². The predicted octanol–water partition coefficient (Wildman–Crippen LogP) is 6.78. The van der Waals surface area contributed by atoms with E-state index in [9.17, 15) is 8.78 Å². The van der Waals surface area contributed by atoms with Crippen molar-refractivity contribution in [2.45, 2.75) is 11.4 Å². The lowest BCUT2D eigenvalue weighted by molar-refractivity contribution is 0.420. The van der Waals surface area contributed by atoms with Gasteiger partial charge in [-0.15, -0.1) is 24.0 Å². The number of ether oxygens (including phenoxy) is 1. The molecular formula is C22H19F2NOS2. The average Bonchev–Trinajstić information content (AvgIpc) is 3.13. The van der Waals surface area contributed by atoms with Crippen LogP contribution in [0.2, 0.25) is 0 Å². The molecule has 0 radical (unpaired) electrons.